The molecule has 124 valence electrons. The quantitative estimate of drug-likeness (QED) is 0.756. The molecular formula is C16H23Cl2NO3. The van der Waals surface area contributed by atoms with Crippen LogP contribution in [0.3, 0.4) is 0 Å². The number of hydrogen-bond acceptors (Lipinski definition) is 3. The lowest BCUT2D eigenvalue weighted by atomic mass is 9.94. The Kier molecular flexibility index (Phi) is 8.01. The maximum absolute atomic E-state index is 11.7. The molecule has 2 atom stereocenters. The molecule has 22 heavy (non-hydrogen) atoms. The van der Waals surface area contributed by atoms with Crippen LogP contribution in [0.25, 0.3) is 0 Å². The number of carbonyl (C=O) groups is 1. The van der Waals surface area contributed by atoms with Crippen LogP contribution in [0.1, 0.15) is 27.2 Å². The van der Waals surface area contributed by atoms with Gasteiger partial charge in [0.2, 0.25) is 5.91 Å². The Balaban J connectivity index is 2.33. The topological polar surface area (TPSA) is 58.6 Å². The molecule has 0 spiro atoms. The summed E-state index contributed by atoms with van der Waals surface area (Å²) >= 11 is 11.9. The van der Waals surface area contributed by atoms with E-state index in [4.69, 9.17) is 27.9 Å². The summed E-state index contributed by atoms with van der Waals surface area (Å²) < 4.78 is 5.41. The van der Waals surface area contributed by atoms with Crippen LogP contribution in [0, 0.1) is 11.8 Å². The number of rotatable bonds is 8. The Morgan fingerprint density at radius 1 is 1.32 bits per heavy atom. The average molecular weight is 348 g/mol. The molecule has 0 fully saturated rings. The van der Waals surface area contributed by atoms with Crippen molar-refractivity contribution in [2.45, 2.75) is 33.3 Å². The van der Waals surface area contributed by atoms with E-state index in [0.29, 0.717) is 34.1 Å². The third kappa shape index (κ3) is 6.42. The van der Waals surface area contributed by atoms with Crippen molar-refractivity contribution in [2.24, 2.45) is 11.8 Å². The molecule has 4 nitrogen and oxygen atoms in total. The van der Waals surface area contributed by atoms with Crippen molar-refractivity contribution in [1.82, 2.24) is 5.32 Å². The smallest absolute Gasteiger partial charge is 0.220 e. The molecule has 0 aliphatic rings. The summed E-state index contributed by atoms with van der Waals surface area (Å²) in [7, 11) is 0. The third-order valence-corrected chi connectivity index (χ3v) is 4.33. The van der Waals surface area contributed by atoms with Gasteiger partial charge in [-0.05, 0) is 24.0 Å². The highest BCUT2D eigenvalue weighted by atomic mass is 35.5. The number of hydrogen-bond donors (Lipinski definition) is 2. The molecule has 0 heterocycles. The minimum Gasteiger partial charge on any atom is -0.489 e. The maximum Gasteiger partial charge on any atom is 0.220 e. The molecule has 0 bridgehead atoms. The van der Waals surface area contributed by atoms with Crippen LogP contribution in [0.15, 0.2) is 18.2 Å². The van der Waals surface area contributed by atoms with Crippen LogP contribution in [-0.2, 0) is 4.79 Å². The molecular weight excluding hydrogens is 325 g/mol. The molecule has 0 saturated carbocycles. The summed E-state index contributed by atoms with van der Waals surface area (Å²) in [4.78, 5) is 11.7. The van der Waals surface area contributed by atoms with E-state index < -0.39 is 6.10 Å². The molecule has 1 aromatic carbocycles. The Hall–Kier alpha value is -0.970. The number of amides is 1. The fraction of sp³-hybridized carbons (Fsp3) is 0.562. The Labute approximate surface area is 141 Å². The molecule has 0 aromatic heterocycles. The standard InChI is InChI=1S/C16H23Cl2NO3/c1-10(2)11(3)7-15(21)19-8-12(20)9-22-14-6-4-5-13(17)16(14)18/h4-6,10-12,20H,7-9H2,1-3H3,(H,19,21). The molecule has 0 aliphatic heterocycles. The Bertz CT molecular complexity index is 494. The lowest BCUT2D eigenvalue weighted by Crippen LogP contribution is -2.36. The number of benzene rings is 1. The fourth-order valence-corrected chi connectivity index (χ4v) is 2.02. The average Bonchev–Trinajstić information content (AvgIpc) is 2.46. The first-order valence-electron chi connectivity index (χ1n) is 7.32. The van der Waals surface area contributed by atoms with Crippen molar-refractivity contribution in [3.8, 4) is 5.75 Å². The largest absolute Gasteiger partial charge is 0.489 e. The molecule has 1 rings (SSSR count). The second kappa shape index (κ2) is 9.23. The zero-order valence-electron chi connectivity index (χ0n) is 13.1. The van der Waals surface area contributed by atoms with Crippen molar-refractivity contribution in [3.63, 3.8) is 0 Å². The summed E-state index contributed by atoms with van der Waals surface area (Å²) in [6, 6.07) is 5.04. The molecule has 6 heteroatoms. The van der Waals surface area contributed by atoms with Gasteiger partial charge in [-0.2, -0.15) is 0 Å². The maximum atomic E-state index is 11.7. The van der Waals surface area contributed by atoms with Crippen molar-refractivity contribution < 1.29 is 14.6 Å². The van der Waals surface area contributed by atoms with Crippen molar-refractivity contribution >= 4 is 29.1 Å². The third-order valence-electron chi connectivity index (χ3n) is 3.53. The molecule has 2 N–H and O–H groups in total. The highest BCUT2D eigenvalue weighted by Gasteiger charge is 2.14. The van der Waals surface area contributed by atoms with E-state index in [1.54, 1.807) is 18.2 Å². The van der Waals surface area contributed by atoms with E-state index in [9.17, 15) is 9.90 Å². The van der Waals surface area contributed by atoms with Gasteiger partial charge >= 0.3 is 0 Å². The van der Waals surface area contributed by atoms with E-state index in [2.05, 4.69) is 19.2 Å². The van der Waals surface area contributed by atoms with Crippen molar-refractivity contribution in [2.75, 3.05) is 13.2 Å². The number of carbonyl (C=O) groups excluding carboxylic acids is 1. The molecule has 1 amide bonds. The van der Waals surface area contributed by atoms with Gasteiger partial charge in [-0.3, -0.25) is 4.79 Å². The van der Waals surface area contributed by atoms with Gasteiger partial charge in [0.25, 0.3) is 0 Å². The number of halogens is 2. The van der Waals surface area contributed by atoms with Crippen LogP contribution >= 0.6 is 23.2 Å². The van der Waals surface area contributed by atoms with E-state index in [-0.39, 0.29) is 19.1 Å². The number of nitrogens with one attached hydrogen (secondary N) is 1. The van der Waals surface area contributed by atoms with Crippen LogP contribution < -0.4 is 10.1 Å². The van der Waals surface area contributed by atoms with E-state index in [1.807, 2.05) is 6.92 Å². The normalized spacial score (nSPS) is 13.8. The summed E-state index contributed by atoms with van der Waals surface area (Å²) in [5.41, 5.74) is 0. The van der Waals surface area contributed by atoms with Gasteiger partial charge < -0.3 is 15.2 Å². The summed E-state index contributed by atoms with van der Waals surface area (Å²) in [6.45, 7) is 6.36. The second-order valence-corrected chi connectivity index (χ2v) is 6.53. The molecule has 1 aromatic rings. The first-order chi connectivity index (χ1) is 10.3. The first-order valence-corrected chi connectivity index (χ1v) is 8.08. The number of aliphatic hydroxyl groups is 1. The lowest BCUT2D eigenvalue weighted by Gasteiger charge is -2.17. The summed E-state index contributed by atoms with van der Waals surface area (Å²) in [5, 5.41) is 13.3. The number of ether oxygens (including phenoxy) is 1. The fourth-order valence-electron chi connectivity index (χ4n) is 1.67. The summed E-state index contributed by atoms with van der Waals surface area (Å²) in [6.07, 6.45) is -0.362. The van der Waals surface area contributed by atoms with Crippen LogP contribution in [0.2, 0.25) is 10.0 Å². The van der Waals surface area contributed by atoms with Crippen molar-refractivity contribution in [3.05, 3.63) is 28.2 Å². The van der Waals surface area contributed by atoms with Gasteiger partial charge in [-0.1, -0.05) is 50.0 Å². The van der Waals surface area contributed by atoms with Gasteiger partial charge in [0.05, 0.1) is 5.02 Å². The van der Waals surface area contributed by atoms with Crippen LogP contribution in [-0.4, -0.2) is 30.3 Å². The highest BCUT2D eigenvalue weighted by molar-refractivity contribution is 6.42. The van der Waals surface area contributed by atoms with Gasteiger partial charge in [0.1, 0.15) is 23.5 Å². The first kappa shape index (κ1) is 19.1. The minimum absolute atomic E-state index is 0.0279. The molecule has 0 aliphatic carbocycles. The molecule has 0 radical (unpaired) electrons. The minimum atomic E-state index is -0.812. The zero-order chi connectivity index (χ0) is 16.7. The predicted octanol–water partition coefficient (Wildman–Crippen LogP) is 3.53. The highest BCUT2D eigenvalue weighted by Crippen LogP contribution is 2.31. The molecule has 2 unspecified atom stereocenters. The lowest BCUT2D eigenvalue weighted by molar-refractivity contribution is -0.122. The van der Waals surface area contributed by atoms with E-state index in [0.717, 1.165) is 0 Å². The van der Waals surface area contributed by atoms with Gasteiger partial charge in [0.15, 0.2) is 0 Å². The van der Waals surface area contributed by atoms with Crippen molar-refractivity contribution in [1.29, 1.82) is 0 Å². The SMILES string of the molecule is CC(C)C(C)CC(=O)NCC(O)COc1cccc(Cl)c1Cl. The van der Waals surface area contributed by atoms with Gasteiger partial charge in [-0.25, -0.2) is 0 Å². The second-order valence-electron chi connectivity index (χ2n) is 5.75. The molecule has 0 saturated heterocycles. The van der Waals surface area contributed by atoms with Gasteiger partial charge in [-0.15, -0.1) is 0 Å². The number of aliphatic hydroxyl groups excluding tert-OH is 1. The van der Waals surface area contributed by atoms with Crippen LogP contribution in [0.5, 0.6) is 5.75 Å². The zero-order valence-corrected chi connectivity index (χ0v) is 14.6. The van der Waals surface area contributed by atoms with Gasteiger partial charge in [0, 0.05) is 13.0 Å². The Morgan fingerprint density at radius 3 is 2.64 bits per heavy atom. The monoisotopic (exact) mass is 347 g/mol. The Morgan fingerprint density at radius 2 is 2.00 bits per heavy atom. The predicted molar refractivity (Wildman–Crippen MR) is 89.6 cm³/mol. The summed E-state index contributed by atoms with van der Waals surface area (Å²) in [5.74, 6) is 1.09. The van der Waals surface area contributed by atoms with E-state index >= 15 is 0 Å². The van der Waals surface area contributed by atoms with Crippen LogP contribution in [0.4, 0.5) is 0 Å². The van der Waals surface area contributed by atoms with E-state index in [1.165, 1.54) is 0 Å².